The molecule has 0 saturated carbocycles. The van der Waals surface area contributed by atoms with Gasteiger partial charge in [0, 0.05) is 6.92 Å². The number of aromatic nitrogens is 1. The van der Waals surface area contributed by atoms with Gasteiger partial charge in [0.25, 0.3) is 0 Å². The average Bonchev–Trinajstić information content (AvgIpc) is 2.44. The summed E-state index contributed by atoms with van der Waals surface area (Å²) in [6, 6.07) is 0. The van der Waals surface area contributed by atoms with Crippen molar-refractivity contribution in [3.05, 3.63) is 16.6 Å². The third-order valence-electron chi connectivity index (χ3n) is 1.01. The third-order valence-corrected chi connectivity index (χ3v) is 1.93. The molecule has 2 heteroatoms. The largest absolute Gasteiger partial charge is 0.224 e. The topological polar surface area (TPSA) is 3.88 Å². The van der Waals surface area contributed by atoms with E-state index in [2.05, 4.69) is 22.4 Å². The molecule has 66 valence electrons. The number of hydrogen-bond donors (Lipinski definition) is 0. The normalized spacial score (nSPS) is 7.09. The molecule has 0 bridgehead atoms. The Morgan fingerprint density at radius 1 is 1.18 bits per heavy atom. The first kappa shape index (κ1) is 13.2. The number of aryl methyl sites for hydroxylation is 2. The predicted molar refractivity (Wildman–Crippen MR) is 52.9 cm³/mol. The summed E-state index contributed by atoms with van der Waals surface area (Å²) in [5.41, 5.74) is 3.40. The van der Waals surface area contributed by atoms with Crippen molar-refractivity contribution >= 4 is 11.3 Å². The van der Waals surface area contributed by atoms with Gasteiger partial charge in [-0.15, -0.1) is 0 Å². The van der Waals surface area contributed by atoms with Gasteiger partial charge in [0.15, 0.2) is 5.69 Å². The lowest BCUT2D eigenvalue weighted by atomic mass is 10.6. The second kappa shape index (κ2) is 9.63. The van der Waals surface area contributed by atoms with Crippen LogP contribution in [0.2, 0.25) is 0 Å². The number of hydrogen-bond acceptors (Lipinski definition) is 1. The first-order valence-electron chi connectivity index (χ1n) is 4.19. The fraction of sp³-hybridized carbons (Fsp3) is 0.667. The first-order chi connectivity index (χ1) is 5.30. The van der Waals surface area contributed by atoms with Crippen LogP contribution >= 0.6 is 11.3 Å². The van der Waals surface area contributed by atoms with Gasteiger partial charge in [0.1, 0.15) is 7.05 Å². The quantitative estimate of drug-likeness (QED) is 0.532. The van der Waals surface area contributed by atoms with Gasteiger partial charge in [-0.3, -0.25) is 0 Å². The molecular formula is C9H20NS+. The standard InChI is InChI=1S/C5H8NS.2C2H6/c1-5-3-7-4-6(5)2;2*1-2/h3-4H,1-2H3;2*1-2H3/q+1;;. The first-order valence-corrected chi connectivity index (χ1v) is 5.13. The van der Waals surface area contributed by atoms with Gasteiger partial charge < -0.3 is 0 Å². The summed E-state index contributed by atoms with van der Waals surface area (Å²) in [4.78, 5) is 0. The summed E-state index contributed by atoms with van der Waals surface area (Å²) in [5, 5.41) is 2.12. The summed E-state index contributed by atoms with van der Waals surface area (Å²) < 4.78 is 2.10. The van der Waals surface area contributed by atoms with Crippen LogP contribution in [0.1, 0.15) is 33.4 Å². The maximum Gasteiger partial charge on any atom is 0.224 e. The van der Waals surface area contributed by atoms with Crippen LogP contribution in [0, 0.1) is 6.92 Å². The fourth-order valence-corrected chi connectivity index (χ4v) is 1.16. The molecule has 0 aliphatic rings. The molecule has 0 aliphatic heterocycles. The van der Waals surface area contributed by atoms with Crippen molar-refractivity contribution in [3.8, 4) is 0 Å². The van der Waals surface area contributed by atoms with Crippen LogP contribution < -0.4 is 4.57 Å². The zero-order valence-corrected chi connectivity index (χ0v) is 9.33. The van der Waals surface area contributed by atoms with E-state index in [1.54, 1.807) is 11.3 Å². The molecule has 0 aliphatic carbocycles. The van der Waals surface area contributed by atoms with E-state index in [4.69, 9.17) is 0 Å². The highest BCUT2D eigenvalue weighted by molar-refractivity contribution is 7.07. The highest BCUT2D eigenvalue weighted by Crippen LogP contribution is 1.93. The minimum Gasteiger partial charge on any atom is -0.196 e. The predicted octanol–water partition coefficient (Wildman–Crippen LogP) is 2.93. The Hall–Kier alpha value is -0.370. The van der Waals surface area contributed by atoms with Crippen molar-refractivity contribution in [2.24, 2.45) is 7.05 Å². The van der Waals surface area contributed by atoms with Crippen molar-refractivity contribution in [1.29, 1.82) is 0 Å². The minimum atomic E-state index is 1.32. The molecule has 1 aromatic rings. The monoisotopic (exact) mass is 174 g/mol. The zero-order chi connectivity index (χ0) is 9.28. The molecule has 1 nitrogen and oxygen atoms in total. The highest BCUT2D eigenvalue weighted by Gasteiger charge is 1.95. The van der Waals surface area contributed by atoms with E-state index in [0.717, 1.165) is 0 Å². The second-order valence-electron chi connectivity index (χ2n) is 1.61. The van der Waals surface area contributed by atoms with Crippen molar-refractivity contribution in [1.82, 2.24) is 0 Å². The van der Waals surface area contributed by atoms with Crippen LogP contribution in [0.3, 0.4) is 0 Å². The molecule has 0 radical (unpaired) electrons. The molecule has 1 heterocycles. The zero-order valence-electron chi connectivity index (χ0n) is 8.51. The van der Waals surface area contributed by atoms with Gasteiger partial charge in [-0.2, -0.15) is 4.57 Å². The molecule has 0 fully saturated rings. The van der Waals surface area contributed by atoms with E-state index in [0.29, 0.717) is 0 Å². The Morgan fingerprint density at radius 2 is 1.64 bits per heavy atom. The maximum atomic E-state index is 2.12. The lowest BCUT2D eigenvalue weighted by molar-refractivity contribution is -0.672. The fourth-order valence-electron chi connectivity index (χ4n) is 0.386. The Balaban J connectivity index is 0. The summed E-state index contributed by atoms with van der Waals surface area (Å²) in [5.74, 6) is 0. The van der Waals surface area contributed by atoms with Gasteiger partial charge in [-0.25, -0.2) is 0 Å². The average molecular weight is 174 g/mol. The summed E-state index contributed by atoms with van der Waals surface area (Å²) in [7, 11) is 2.05. The van der Waals surface area contributed by atoms with Crippen LogP contribution in [0.15, 0.2) is 10.9 Å². The summed E-state index contributed by atoms with van der Waals surface area (Å²) in [6.07, 6.45) is 0. The Morgan fingerprint density at radius 3 is 1.73 bits per heavy atom. The van der Waals surface area contributed by atoms with E-state index < -0.39 is 0 Å². The molecule has 0 atom stereocenters. The lowest BCUT2D eigenvalue weighted by Crippen LogP contribution is -2.27. The van der Waals surface area contributed by atoms with Gasteiger partial charge in [-0.1, -0.05) is 39.0 Å². The number of nitrogens with zero attached hydrogens (tertiary/aromatic N) is 1. The van der Waals surface area contributed by atoms with E-state index >= 15 is 0 Å². The minimum absolute atomic E-state index is 1.32. The smallest absolute Gasteiger partial charge is 0.196 e. The molecule has 0 unspecified atom stereocenters. The molecule has 0 N–H and O–H groups in total. The van der Waals surface area contributed by atoms with Crippen molar-refractivity contribution in [2.45, 2.75) is 34.6 Å². The van der Waals surface area contributed by atoms with Gasteiger partial charge in [-0.05, 0) is 0 Å². The summed E-state index contributed by atoms with van der Waals surface area (Å²) in [6.45, 7) is 10.1. The highest BCUT2D eigenvalue weighted by atomic mass is 32.1. The molecule has 1 aromatic heterocycles. The molecule has 0 saturated heterocycles. The Bertz CT molecular complexity index is 142. The SMILES string of the molecule is CC.CC.Cc1csc[n+]1C. The lowest BCUT2D eigenvalue weighted by Gasteiger charge is -1.74. The summed E-state index contributed by atoms with van der Waals surface area (Å²) >= 11 is 1.73. The van der Waals surface area contributed by atoms with E-state index in [1.807, 2.05) is 34.7 Å². The molecule has 11 heavy (non-hydrogen) atoms. The number of rotatable bonds is 0. The van der Waals surface area contributed by atoms with Crippen LogP contribution in [0.4, 0.5) is 0 Å². The third kappa shape index (κ3) is 6.05. The van der Waals surface area contributed by atoms with Crippen LogP contribution in [-0.2, 0) is 7.05 Å². The van der Waals surface area contributed by atoms with Crippen molar-refractivity contribution in [2.75, 3.05) is 0 Å². The van der Waals surface area contributed by atoms with Crippen LogP contribution in [0.25, 0.3) is 0 Å². The van der Waals surface area contributed by atoms with Crippen LogP contribution in [0.5, 0.6) is 0 Å². The van der Waals surface area contributed by atoms with Gasteiger partial charge in [0.2, 0.25) is 5.51 Å². The van der Waals surface area contributed by atoms with Gasteiger partial charge in [0.05, 0.1) is 5.38 Å². The van der Waals surface area contributed by atoms with Crippen molar-refractivity contribution in [3.63, 3.8) is 0 Å². The Labute approximate surface area is 74.7 Å². The Kier molecular flexibility index (Phi) is 11.6. The van der Waals surface area contributed by atoms with E-state index in [-0.39, 0.29) is 0 Å². The second-order valence-corrected chi connectivity index (χ2v) is 2.33. The molecule has 0 amide bonds. The van der Waals surface area contributed by atoms with Gasteiger partial charge >= 0.3 is 0 Å². The molecular weight excluding hydrogens is 154 g/mol. The number of thiazole rings is 1. The van der Waals surface area contributed by atoms with E-state index in [1.165, 1.54) is 5.69 Å². The van der Waals surface area contributed by atoms with Crippen molar-refractivity contribution < 1.29 is 4.57 Å². The molecule has 1 rings (SSSR count). The molecule has 0 aromatic carbocycles. The van der Waals surface area contributed by atoms with Crippen LogP contribution in [-0.4, -0.2) is 0 Å². The van der Waals surface area contributed by atoms with E-state index in [9.17, 15) is 0 Å². The maximum absolute atomic E-state index is 2.12. The molecule has 0 spiro atoms.